The van der Waals surface area contributed by atoms with Crippen LogP contribution in [0.4, 0.5) is 0 Å². The first-order valence-corrected chi connectivity index (χ1v) is 12.2. The zero-order chi connectivity index (χ0) is 21.4. The van der Waals surface area contributed by atoms with Crippen molar-refractivity contribution >= 4 is 29.9 Å². The van der Waals surface area contributed by atoms with E-state index in [4.69, 9.17) is 4.74 Å². The number of piperidine rings is 2. The molecule has 3 heterocycles. The first-order chi connectivity index (χ1) is 14.5. The van der Waals surface area contributed by atoms with Gasteiger partial charge in [0.2, 0.25) is 0 Å². The molecule has 3 fully saturated rings. The number of aliphatic imine (C=N–C) groups is 1. The molecular formula is C23H47IN6O. The van der Waals surface area contributed by atoms with Crippen LogP contribution < -0.4 is 10.6 Å². The lowest BCUT2D eigenvalue weighted by atomic mass is 9.84. The van der Waals surface area contributed by atoms with Crippen LogP contribution in [0, 0.1) is 5.92 Å². The number of guanidine groups is 1. The maximum Gasteiger partial charge on any atom is 0.191 e. The van der Waals surface area contributed by atoms with E-state index in [2.05, 4.69) is 51.2 Å². The van der Waals surface area contributed by atoms with E-state index in [0.717, 1.165) is 45.3 Å². The molecule has 0 aliphatic carbocycles. The molecule has 3 rings (SSSR count). The van der Waals surface area contributed by atoms with Gasteiger partial charge in [0.15, 0.2) is 5.96 Å². The molecule has 0 bridgehead atoms. The zero-order valence-corrected chi connectivity index (χ0v) is 22.7. The number of morpholine rings is 1. The number of ether oxygens (including phenoxy) is 1. The number of likely N-dealkylation sites (tertiary alicyclic amines) is 2. The molecule has 0 aromatic rings. The number of nitrogens with zero attached hydrogens (tertiary/aromatic N) is 4. The molecule has 7 nitrogen and oxygen atoms in total. The summed E-state index contributed by atoms with van der Waals surface area (Å²) in [6, 6.07) is 0. The van der Waals surface area contributed by atoms with Gasteiger partial charge in [0.05, 0.1) is 12.7 Å². The van der Waals surface area contributed by atoms with Crippen LogP contribution in [0.2, 0.25) is 0 Å². The van der Waals surface area contributed by atoms with Crippen molar-refractivity contribution in [3.63, 3.8) is 0 Å². The second-order valence-corrected chi connectivity index (χ2v) is 10.0. The van der Waals surface area contributed by atoms with Crippen LogP contribution in [-0.2, 0) is 4.74 Å². The van der Waals surface area contributed by atoms with E-state index < -0.39 is 0 Å². The van der Waals surface area contributed by atoms with E-state index in [1.165, 1.54) is 58.3 Å². The molecule has 0 amide bonds. The summed E-state index contributed by atoms with van der Waals surface area (Å²) in [7, 11) is 4.13. The first kappa shape index (κ1) is 27.1. The smallest absolute Gasteiger partial charge is 0.191 e. The summed E-state index contributed by atoms with van der Waals surface area (Å²) in [6.45, 7) is 15.3. The van der Waals surface area contributed by atoms with Gasteiger partial charge in [-0.2, -0.15) is 0 Å². The van der Waals surface area contributed by atoms with Gasteiger partial charge in [0, 0.05) is 45.3 Å². The monoisotopic (exact) mass is 550 g/mol. The van der Waals surface area contributed by atoms with E-state index in [9.17, 15) is 0 Å². The Labute approximate surface area is 207 Å². The van der Waals surface area contributed by atoms with Crippen molar-refractivity contribution in [2.45, 2.75) is 57.6 Å². The summed E-state index contributed by atoms with van der Waals surface area (Å²) in [4.78, 5) is 12.3. The Morgan fingerprint density at radius 2 is 1.77 bits per heavy atom. The maximum absolute atomic E-state index is 6.01. The van der Waals surface area contributed by atoms with E-state index >= 15 is 0 Å². The number of nitrogens with one attached hydrogen (secondary N) is 2. The molecule has 8 heteroatoms. The van der Waals surface area contributed by atoms with Gasteiger partial charge < -0.3 is 20.3 Å². The van der Waals surface area contributed by atoms with Crippen LogP contribution in [0.1, 0.15) is 46.0 Å². The van der Waals surface area contributed by atoms with E-state index in [-0.39, 0.29) is 35.6 Å². The second-order valence-electron chi connectivity index (χ2n) is 10.0. The molecule has 2 N–H and O–H groups in total. The van der Waals surface area contributed by atoms with Gasteiger partial charge in [-0.1, -0.05) is 20.3 Å². The molecular weight excluding hydrogens is 503 g/mol. The predicted octanol–water partition coefficient (Wildman–Crippen LogP) is 2.08. The lowest BCUT2D eigenvalue weighted by Crippen LogP contribution is -2.62. The summed E-state index contributed by atoms with van der Waals surface area (Å²) in [6.07, 6.45) is 6.79. The van der Waals surface area contributed by atoms with E-state index in [1.807, 2.05) is 7.05 Å². The van der Waals surface area contributed by atoms with Crippen molar-refractivity contribution in [1.29, 1.82) is 0 Å². The first-order valence-electron chi connectivity index (χ1n) is 12.2. The van der Waals surface area contributed by atoms with Gasteiger partial charge in [-0.15, -0.1) is 24.0 Å². The van der Waals surface area contributed by atoms with Crippen LogP contribution >= 0.6 is 24.0 Å². The highest BCUT2D eigenvalue weighted by Crippen LogP contribution is 2.30. The summed E-state index contributed by atoms with van der Waals surface area (Å²) < 4.78 is 6.01. The standard InChI is InChI=1S/C23H46N6O.HI/c1-20(2)17-28-14-15-30-21(18-28)16-25-22(24-3)26-19-23(8-12-27(4)13-9-23)29-10-6-5-7-11-29;/h20-21H,5-19H2,1-4H3,(H2,24,25,26);1H. The van der Waals surface area contributed by atoms with Crippen LogP contribution in [0.3, 0.4) is 0 Å². The minimum Gasteiger partial charge on any atom is -0.374 e. The molecule has 0 spiro atoms. The average Bonchev–Trinajstić information content (AvgIpc) is 2.76. The molecule has 0 radical (unpaired) electrons. The van der Waals surface area contributed by atoms with Crippen LogP contribution in [-0.4, -0.2) is 112 Å². The number of hydrogen-bond donors (Lipinski definition) is 2. The molecule has 3 aliphatic heterocycles. The summed E-state index contributed by atoms with van der Waals surface area (Å²) in [5.41, 5.74) is 0.264. The van der Waals surface area contributed by atoms with Gasteiger partial charge in [0.1, 0.15) is 0 Å². The minimum absolute atomic E-state index is 0. The topological polar surface area (TPSA) is 55.4 Å². The third-order valence-electron chi connectivity index (χ3n) is 7.10. The van der Waals surface area contributed by atoms with Crippen molar-refractivity contribution in [2.75, 3.05) is 79.6 Å². The molecule has 0 saturated carbocycles. The van der Waals surface area contributed by atoms with E-state index in [0.29, 0.717) is 5.92 Å². The highest BCUT2D eigenvalue weighted by Gasteiger charge is 2.39. The third-order valence-corrected chi connectivity index (χ3v) is 7.10. The Morgan fingerprint density at radius 1 is 1.06 bits per heavy atom. The highest BCUT2D eigenvalue weighted by atomic mass is 127. The zero-order valence-electron chi connectivity index (χ0n) is 20.4. The Balaban J connectivity index is 0.00000341. The fourth-order valence-corrected chi connectivity index (χ4v) is 5.27. The minimum atomic E-state index is 0. The molecule has 1 atom stereocenters. The molecule has 182 valence electrons. The Kier molecular flexibility index (Phi) is 11.8. The van der Waals surface area contributed by atoms with Crippen molar-refractivity contribution in [2.24, 2.45) is 10.9 Å². The fraction of sp³-hybridized carbons (Fsp3) is 0.957. The molecule has 1 unspecified atom stereocenters. The SMILES string of the molecule is CN=C(NCC1CN(CC(C)C)CCO1)NCC1(N2CCCCC2)CCN(C)CC1.I. The summed E-state index contributed by atoms with van der Waals surface area (Å²) >= 11 is 0. The number of hydrogen-bond acceptors (Lipinski definition) is 5. The van der Waals surface area contributed by atoms with Gasteiger partial charge in [-0.25, -0.2) is 0 Å². The maximum atomic E-state index is 6.01. The summed E-state index contributed by atoms with van der Waals surface area (Å²) in [5.74, 6) is 1.61. The molecule has 3 aliphatic rings. The highest BCUT2D eigenvalue weighted by molar-refractivity contribution is 14.0. The Hall–Kier alpha value is -0.160. The fourth-order valence-electron chi connectivity index (χ4n) is 5.27. The van der Waals surface area contributed by atoms with Crippen LogP contribution in [0.15, 0.2) is 4.99 Å². The lowest BCUT2D eigenvalue weighted by molar-refractivity contribution is -0.0285. The van der Waals surface area contributed by atoms with Crippen molar-refractivity contribution in [1.82, 2.24) is 25.3 Å². The van der Waals surface area contributed by atoms with Crippen LogP contribution in [0.5, 0.6) is 0 Å². The Bertz CT molecular complexity index is 532. The molecule has 0 aromatic carbocycles. The summed E-state index contributed by atoms with van der Waals surface area (Å²) in [5, 5.41) is 7.22. The molecule has 31 heavy (non-hydrogen) atoms. The van der Waals surface area contributed by atoms with Gasteiger partial charge in [-0.3, -0.25) is 14.8 Å². The molecule has 0 aromatic heterocycles. The van der Waals surface area contributed by atoms with Crippen molar-refractivity contribution in [3.8, 4) is 0 Å². The number of halogens is 1. The lowest BCUT2D eigenvalue weighted by Gasteiger charge is -2.50. The van der Waals surface area contributed by atoms with Crippen molar-refractivity contribution in [3.05, 3.63) is 0 Å². The van der Waals surface area contributed by atoms with Gasteiger partial charge >= 0.3 is 0 Å². The van der Waals surface area contributed by atoms with Gasteiger partial charge in [-0.05, 0) is 64.8 Å². The second kappa shape index (κ2) is 13.5. The average molecular weight is 551 g/mol. The van der Waals surface area contributed by atoms with Gasteiger partial charge in [0.25, 0.3) is 0 Å². The molecule has 3 saturated heterocycles. The normalized spacial score (nSPS) is 26.5. The van der Waals surface area contributed by atoms with E-state index in [1.54, 1.807) is 0 Å². The number of rotatable bonds is 7. The quantitative estimate of drug-likeness (QED) is 0.288. The van der Waals surface area contributed by atoms with Crippen molar-refractivity contribution < 1.29 is 4.74 Å². The largest absolute Gasteiger partial charge is 0.374 e. The predicted molar refractivity (Wildman–Crippen MR) is 141 cm³/mol. The van der Waals surface area contributed by atoms with Crippen LogP contribution in [0.25, 0.3) is 0 Å². The third kappa shape index (κ3) is 8.28. The Morgan fingerprint density at radius 3 is 2.42 bits per heavy atom.